The maximum Gasteiger partial charge on any atom is 0.241 e. The lowest BCUT2D eigenvalue weighted by Crippen LogP contribution is -2.45. The quantitative estimate of drug-likeness (QED) is 0.838. The molecule has 1 aromatic heterocycles. The fourth-order valence-corrected chi connectivity index (χ4v) is 3.51. The molecule has 0 aliphatic heterocycles. The molecule has 23 heavy (non-hydrogen) atoms. The van der Waals surface area contributed by atoms with Gasteiger partial charge < -0.3 is 11.1 Å². The molecule has 4 nitrogen and oxygen atoms in total. The first kappa shape index (κ1) is 20.0. The third kappa shape index (κ3) is 5.80. The molecule has 0 radical (unpaired) electrons. The van der Waals surface area contributed by atoms with E-state index in [0.717, 1.165) is 20.6 Å². The van der Waals surface area contributed by atoms with E-state index >= 15 is 0 Å². The van der Waals surface area contributed by atoms with Crippen LogP contribution in [0.4, 0.5) is 5.69 Å². The number of anilines is 1. The molecular formula is C16H22ClN3OS2. The number of thiazole rings is 1. The minimum Gasteiger partial charge on any atom is -0.325 e. The molecule has 3 N–H and O–H groups in total. The highest BCUT2D eigenvalue weighted by Crippen LogP contribution is 2.31. The van der Waals surface area contributed by atoms with E-state index in [1.807, 2.05) is 57.3 Å². The van der Waals surface area contributed by atoms with Crippen LogP contribution >= 0.6 is 35.5 Å². The second kappa shape index (κ2) is 8.15. The Morgan fingerprint density at radius 1 is 1.30 bits per heavy atom. The normalized spacial score (nSPS) is 12.4. The number of halogens is 1. The highest BCUT2D eigenvalue weighted by Gasteiger charge is 2.27. The smallest absolute Gasteiger partial charge is 0.241 e. The molecule has 0 bridgehead atoms. The van der Waals surface area contributed by atoms with E-state index in [2.05, 4.69) is 10.3 Å². The van der Waals surface area contributed by atoms with E-state index in [1.165, 1.54) is 0 Å². The largest absolute Gasteiger partial charge is 0.325 e. The maximum absolute atomic E-state index is 12.1. The topological polar surface area (TPSA) is 68.0 Å². The second-order valence-electron chi connectivity index (χ2n) is 6.21. The summed E-state index contributed by atoms with van der Waals surface area (Å²) >= 11 is 3.25. The van der Waals surface area contributed by atoms with Crippen LogP contribution < -0.4 is 11.1 Å². The average molecular weight is 372 g/mol. The van der Waals surface area contributed by atoms with Gasteiger partial charge in [-0.05, 0) is 36.6 Å². The zero-order chi connectivity index (χ0) is 16.3. The third-order valence-corrected chi connectivity index (χ3v) is 5.20. The van der Waals surface area contributed by atoms with Gasteiger partial charge >= 0.3 is 0 Å². The summed E-state index contributed by atoms with van der Waals surface area (Å²) in [4.78, 5) is 17.6. The summed E-state index contributed by atoms with van der Waals surface area (Å²) in [6, 6.07) is 7.17. The average Bonchev–Trinajstić information content (AvgIpc) is 2.84. The van der Waals surface area contributed by atoms with Crippen molar-refractivity contribution in [3.8, 4) is 0 Å². The molecule has 0 saturated heterocycles. The van der Waals surface area contributed by atoms with Crippen molar-refractivity contribution in [1.29, 1.82) is 0 Å². The number of nitrogens with zero attached hydrogens (tertiary/aromatic N) is 1. The lowest BCUT2D eigenvalue weighted by molar-refractivity contribution is -0.119. The first-order valence-electron chi connectivity index (χ1n) is 7.02. The Balaban J connectivity index is 0.00000264. The highest BCUT2D eigenvalue weighted by molar-refractivity contribution is 8.01. The predicted octanol–water partition coefficient (Wildman–Crippen LogP) is 4.34. The van der Waals surface area contributed by atoms with Crippen LogP contribution in [0.15, 0.2) is 38.9 Å². The molecule has 1 amide bonds. The Hall–Kier alpha value is -1.08. The van der Waals surface area contributed by atoms with Gasteiger partial charge in [0.1, 0.15) is 0 Å². The Labute approximate surface area is 151 Å². The number of nitrogens with one attached hydrogen (secondary N) is 1. The second-order valence-corrected chi connectivity index (χ2v) is 8.39. The Morgan fingerprint density at radius 3 is 2.39 bits per heavy atom. The molecule has 0 spiro atoms. The van der Waals surface area contributed by atoms with Gasteiger partial charge in [-0.15, -0.1) is 23.7 Å². The fraction of sp³-hybridized carbons (Fsp3) is 0.375. The van der Waals surface area contributed by atoms with Crippen LogP contribution in [0.2, 0.25) is 0 Å². The predicted molar refractivity (Wildman–Crippen MR) is 101 cm³/mol. The first-order chi connectivity index (χ1) is 10.3. The summed E-state index contributed by atoms with van der Waals surface area (Å²) in [5, 5.41) is 4.89. The van der Waals surface area contributed by atoms with Crippen molar-refractivity contribution < 1.29 is 4.79 Å². The van der Waals surface area contributed by atoms with Crippen LogP contribution in [0, 0.1) is 12.3 Å². The van der Waals surface area contributed by atoms with E-state index in [0.29, 0.717) is 0 Å². The van der Waals surface area contributed by atoms with Crippen LogP contribution in [0.25, 0.3) is 0 Å². The van der Waals surface area contributed by atoms with Crippen molar-refractivity contribution in [3.05, 3.63) is 35.3 Å². The number of nitrogens with two attached hydrogens (primary N) is 1. The number of benzene rings is 1. The fourth-order valence-electron chi connectivity index (χ4n) is 1.70. The number of carbonyl (C=O) groups is 1. The van der Waals surface area contributed by atoms with Gasteiger partial charge in [-0.3, -0.25) is 4.79 Å². The Bertz CT molecular complexity index is 650. The summed E-state index contributed by atoms with van der Waals surface area (Å²) in [6.07, 6.45) is 0. The van der Waals surface area contributed by atoms with Gasteiger partial charge in [0.05, 0.1) is 6.04 Å². The van der Waals surface area contributed by atoms with Crippen LogP contribution in [0.1, 0.15) is 26.5 Å². The minimum absolute atomic E-state index is 0. The van der Waals surface area contributed by atoms with Crippen molar-refractivity contribution in [2.75, 3.05) is 5.32 Å². The molecule has 7 heteroatoms. The van der Waals surface area contributed by atoms with E-state index in [4.69, 9.17) is 5.73 Å². The minimum atomic E-state index is -0.542. The number of hydrogen-bond acceptors (Lipinski definition) is 5. The van der Waals surface area contributed by atoms with Crippen molar-refractivity contribution in [2.24, 2.45) is 11.1 Å². The van der Waals surface area contributed by atoms with Crippen molar-refractivity contribution >= 4 is 47.1 Å². The SMILES string of the molecule is Cc1csc(Sc2ccc(NC(=O)[C@@H](N)C(C)(C)C)cc2)n1.Cl. The molecule has 0 aliphatic carbocycles. The number of aromatic nitrogens is 1. The molecule has 0 unspecified atom stereocenters. The molecule has 2 rings (SSSR count). The number of amides is 1. The van der Waals surface area contributed by atoms with Gasteiger partial charge in [0.15, 0.2) is 4.34 Å². The van der Waals surface area contributed by atoms with E-state index in [-0.39, 0.29) is 23.7 Å². The molecular weight excluding hydrogens is 350 g/mol. The van der Waals surface area contributed by atoms with Crippen molar-refractivity contribution in [1.82, 2.24) is 4.98 Å². The monoisotopic (exact) mass is 371 g/mol. The summed E-state index contributed by atoms with van der Waals surface area (Å²) in [6.45, 7) is 7.84. The molecule has 2 aromatic rings. The number of hydrogen-bond donors (Lipinski definition) is 2. The van der Waals surface area contributed by atoms with Gasteiger partial charge in [-0.1, -0.05) is 32.5 Å². The summed E-state index contributed by atoms with van der Waals surface area (Å²) in [7, 11) is 0. The van der Waals surface area contributed by atoms with Gasteiger partial charge in [0, 0.05) is 21.7 Å². The van der Waals surface area contributed by atoms with Gasteiger partial charge in [0.2, 0.25) is 5.91 Å². The zero-order valence-electron chi connectivity index (χ0n) is 13.6. The lowest BCUT2D eigenvalue weighted by Gasteiger charge is -2.25. The molecule has 0 saturated carbocycles. The number of carbonyl (C=O) groups excluding carboxylic acids is 1. The van der Waals surface area contributed by atoms with E-state index in [9.17, 15) is 4.79 Å². The third-order valence-electron chi connectivity index (χ3n) is 3.14. The molecule has 1 aromatic carbocycles. The van der Waals surface area contributed by atoms with E-state index in [1.54, 1.807) is 23.1 Å². The summed E-state index contributed by atoms with van der Waals surface area (Å²) in [5.41, 5.74) is 7.48. The summed E-state index contributed by atoms with van der Waals surface area (Å²) < 4.78 is 1.02. The molecule has 0 aliphatic rings. The first-order valence-corrected chi connectivity index (χ1v) is 8.72. The molecule has 0 fully saturated rings. The number of aryl methyl sites for hydroxylation is 1. The van der Waals surface area contributed by atoms with Gasteiger partial charge in [0.25, 0.3) is 0 Å². The summed E-state index contributed by atoms with van der Waals surface area (Å²) in [5.74, 6) is -0.163. The van der Waals surface area contributed by atoms with Crippen molar-refractivity contribution in [2.45, 2.75) is 43.0 Å². The van der Waals surface area contributed by atoms with Crippen molar-refractivity contribution in [3.63, 3.8) is 0 Å². The molecule has 1 heterocycles. The molecule has 1 atom stereocenters. The Kier molecular flexibility index (Phi) is 7.07. The zero-order valence-corrected chi connectivity index (χ0v) is 16.1. The Morgan fingerprint density at radius 2 is 1.91 bits per heavy atom. The maximum atomic E-state index is 12.1. The standard InChI is InChI=1S/C16H21N3OS2.ClH/c1-10-9-21-15(18-10)22-12-7-5-11(6-8-12)19-14(20)13(17)16(2,3)4;/h5-9,13H,17H2,1-4H3,(H,19,20);1H/t13-;/m1./s1. The van der Waals surface area contributed by atoms with Crippen LogP contribution in [-0.4, -0.2) is 16.9 Å². The van der Waals surface area contributed by atoms with Crippen LogP contribution in [0.3, 0.4) is 0 Å². The highest BCUT2D eigenvalue weighted by atomic mass is 35.5. The van der Waals surface area contributed by atoms with Crippen LogP contribution in [0.5, 0.6) is 0 Å². The van der Waals surface area contributed by atoms with E-state index < -0.39 is 6.04 Å². The number of rotatable bonds is 4. The van der Waals surface area contributed by atoms with Crippen LogP contribution in [-0.2, 0) is 4.79 Å². The lowest BCUT2D eigenvalue weighted by atomic mass is 9.87. The van der Waals surface area contributed by atoms with Gasteiger partial charge in [-0.25, -0.2) is 4.98 Å². The molecule has 126 valence electrons. The van der Waals surface area contributed by atoms with Gasteiger partial charge in [-0.2, -0.15) is 0 Å².